The number of rotatable bonds is 5. The van der Waals surface area contributed by atoms with Gasteiger partial charge >= 0.3 is 0 Å². The molecule has 0 aromatic heterocycles. The Kier molecular flexibility index (Phi) is 5.11. The molecule has 9 heteroatoms. The van der Waals surface area contributed by atoms with Crippen molar-refractivity contribution in [3.63, 3.8) is 0 Å². The van der Waals surface area contributed by atoms with E-state index in [1.54, 1.807) is 13.8 Å². The predicted octanol–water partition coefficient (Wildman–Crippen LogP) is 1.85. The van der Waals surface area contributed by atoms with Gasteiger partial charge in [0.05, 0.1) is 16.3 Å². The van der Waals surface area contributed by atoms with E-state index in [2.05, 4.69) is 4.72 Å². The summed E-state index contributed by atoms with van der Waals surface area (Å²) in [4.78, 5) is 12.1. The summed E-state index contributed by atoms with van der Waals surface area (Å²) in [6.45, 7) is 3.31. The average molecular weight is 409 g/mol. The number of amides is 1. The molecule has 0 spiro atoms. The van der Waals surface area contributed by atoms with Crippen LogP contribution in [0.25, 0.3) is 0 Å². The third-order valence-electron chi connectivity index (χ3n) is 4.34. The molecule has 144 valence electrons. The first-order valence-electron chi connectivity index (χ1n) is 8.32. The molecule has 0 radical (unpaired) electrons. The van der Waals surface area contributed by atoms with Crippen LogP contribution in [-0.2, 0) is 31.4 Å². The van der Waals surface area contributed by atoms with Crippen LogP contribution in [0.4, 0.5) is 5.69 Å². The van der Waals surface area contributed by atoms with E-state index in [0.717, 1.165) is 9.87 Å². The Morgan fingerprint density at radius 3 is 2.19 bits per heavy atom. The van der Waals surface area contributed by atoms with Gasteiger partial charge in [-0.15, -0.1) is 0 Å². The van der Waals surface area contributed by atoms with Crippen molar-refractivity contribution in [3.05, 3.63) is 59.2 Å². The SMILES string of the molecule is Cc1cc(N2C(=O)CCS2(=O)=O)cc(C)c1S(=O)(=O)NCc1ccccc1. The summed E-state index contributed by atoms with van der Waals surface area (Å²) in [6, 6.07) is 12.0. The van der Waals surface area contributed by atoms with Gasteiger partial charge in [-0.2, -0.15) is 0 Å². The van der Waals surface area contributed by atoms with Gasteiger partial charge in [0, 0.05) is 13.0 Å². The minimum absolute atomic E-state index is 0.0703. The van der Waals surface area contributed by atoms with Crippen molar-refractivity contribution in [1.29, 1.82) is 0 Å². The fourth-order valence-corrected chi connectivity index (χ4v) is 6.09. The summed E-state index contributed by atoms with van der Waals surface area (Å²) in [5, 5.41) is 0. The highest BCUT2D eigenvalue weighted by Crippen LogP contribution is 2.31. The van der Waals surface area contributed by atoms with Crippen molar-refractivity contribution in [1.82, 2.24) is 4.72 Å². The monoisotopic (exact) mass is 408 g/mol. The van der Waals surface area contributed by atoms with Crippen LogP contribution in [0.5, 0.6) is 0 Å². The zero-order valence-corrected chi connectivity index (χ0v) is 16.6. The lowest BCUT2D eigenvalue weighted by atomic mass is 10.1. The number of carbonyl (C=O) groups excluding carboxylic acids is 1. The van der Waals surface area contributed by atoms with E-state index < -0.39 is 26.0 Å². The van der Waals surface area contributed by atoms with E-state index in [4.69, 9.17) is 0 Å². The van der Waals surface area contributed by atoms with E-state index in [1.807, 2.05) is 30.3 Å². The molecule has 1 amide bonds. The maximum absolute atomic E-state index is 12.8. The first kappa shape index (κ1) is 19.5. The number of carbonyl (C=O) groups is 1. The predicted molar refractivity (Wildman–Crippen MR) is 102 cm³/mol. The summed E-state index contributed by atoms with van der Waals surface area (Å²) in [6.07, 6.45) is -0.0703. The maximum atomic E-state index is 12.8. The normalized spacial score (nSPS) is 16.7. The zero-order chi connectivity index (χ0) is 19.8. The van der Waals surface area contributed by atoms with Crippen LogP contribution < -0.4 is 9.03 Å². The van der Waals surface area contributed by atoms with Gasteiger partial charge in [0.1, 0.15) is 0 Å². The zero-order valence-electron chi connectivity index (χ0n) is 15.0. The van der Waals surface area contributed by atoms with Gasteiger partial charge in [-0.3, -0.25) is 4.79 Å². The molecule has 1 aliphatic heterocycles. The minimum Gasteiger partial charge on any atom is -0.273 e. The summed E-state index contributed by atoms with van der Waals surface area (Å²) < 4.78 is 53.1. The number of nitrogens with one attached hydrogen (secondary N) is 1. The quantitative estimate of drug-likeness (QED) is 0.814. The maximum Gasteiger partial charge on any atom is 0.242 e. The van der Waals surface area contributed by atoms with Gasteiger partial charge in [0.25, 0.3) is 0 Å². The van der Waals surface area contributed by atoms with Crippen molar-refractivity contribution in [2.75, 3.05) is 10.1 Å². The van der Waals surface area contributed by atoms with Gasteiger partial charge in [-0.05, 0) is 42.7 Å². The Morgan fingerprint density at radius 1 is 1.07 bits per heavy atom. The van der Waals surface area contributed by atoms with E-state index in [1.165, 1.54) is 12.1 Å². The molecule has 27 heavy (non-hydrogen) atoms. The highest BCUT2D eigenvalue weighted by molar-refractivity contribution is 7.94. The van der Waals surface area contributed by atoms with Gasteiger partial charge in [-0.1, -0.05) is 30.3 Å². The molecule has 3 rings (SSSR count). The Bertz CT molecular complexity index is 1070. The Morgan fingerprint density at radius 2 is 1.67 bits per heavy atom. The molecule has 1 fully saturated rings. The number of hydrogen-bond acceptors (Lipinski definition) is 5. The van der Waals surface area contributed by atoms with Crippen LogP contribution in [0.1, 0.15) is 23.1 Å². The fourth-order valence-electron chi connectivity index (χ4n) is 3.18. The fraction of sp³-hybridized carbons (Fsp3) is 0.278. The topological polar surface area (TPSA) is 101 Å². The standard InChI is InChI=1S/C18H20N2O5S2/c1-13-10-16(20-17(21)8-9-26(20,22)23)11-14(2)18(13)27(24,25)19-12-15-6-4-3-5-7-15/h3-7,10-11,19H,8-9,12H2,1-2H3. The van der Waals surface area contributed by atoms with E-state index >= 15 is 0 Å². The van der Waals surface area contributed by atoms with Crippen molar-refractivity contribution in [3.8, 4) is 0 Å². The second-order valence-electron chi connectivity index (χ2n) is 6.44. The number of nitrogens with zero attached hydrogens (tertiary/aromatic N) is 1. The van der Waals surface area contributed by atoms with Crippen LogP contribution >= 0.6 is 0 Å². The third kappa shape index (κ3) is 3.90. The first-order valence-corrected chi connectivity index (χ1v) is 11.4. The highest BCUT2D eigenvalue weighted by atomic mass is 32.2. The van der Waals surface area contributed by atoms with Gasteiger partial charge < -0.3 is 0 Å². The summed E-state index contributed by atoms with van der Waals surface area (Å²) >= 11 is 0. The lowest BCUT2D eigenvalue weighted by Gasteiger charge is -2.19. The van der Waals surface area contributed by atoms with E-state index in [9.17, 15) is 21.6 Å². The summed E-state index contributed by atoms with van der Waals surface area (Å²) in [7, 11) is -7.50. The second-order valence-corrected chi connectivity index (χ2v) is 10.1. The van der Waals surface area contributed by atoms with Crippen LogP contribution in [0.3, 0.4) is 0 Å². The van der Waals surface area contributed by atoms with Crippen molar-refractivity contribution in [2.45, 2.75) is 31.7 Å². The van der Waals surface area contributed by atoms with Crippen LogP contribution in [0, 0.1) is 13.8 Å². The number of anilines is 1. The molecule has 2 aromatic carbocycles. The molecule has 7 nitrogen and oxygen atoms in total. The molecular formula is C18H20N2O5S2. The molecule has 1 aliphatic rings. The third-order valence-corrected chi connectivity index (χ3v) is 7.73. The highest BCUT2D eigenvalue weighted by Gasteiger charge is 2.37. The Labute approximate surface area is 159 Å². The molecule has 0 aliphatic carbocycles. The number of hydrogen-bond donors (Lipinski definition) is 1. The summed E-state index contributed by atoms with van der Waals surface area (Å²) in [5.74, 6) is -0.741. The first-order chi connectivity index (χ1) is 12.6. The molecule has 1 saturated heterocycles. The largest absolute Gasteiger partial charge is 0.273 e. The van der Waals surface area contributed by atoms with Gasteiger partial charge in [0.15, 0.2) is 0 Å². The molecule has 1 heterocycles. The van der Waals surface area contributed by atoms with Crippen molar-refractivity contribution in [2.24, 2.45) is 0 Å². The summed E-state index contributed by atoms with van der Waals surface area (Å²) in [5.41, 5.74) is 1.75. The van der Waals surface area contributed by atoms with Crippen LogP contribution in [0.2, 0.25) is 0 Å². The van der Waals surface area contributed by atoms with Crippen molar-refractivity contribution >= 4 is 31.6 Å². The second kappa shape index (κ2) is 7.06. The number of benzene rings is 2. The molecule has 2 aromatic rings. The van der Waals surface area contributed by atoms with Gasteiger partial charge in [0.2, 0.25) is 26.0 Å². The van der Waals surface area contributed by atoms with Crippen LogP contribution in [-0.4, -0.2) is 28.5 Å². The molecule has 0 bridgehead atoms. The smallest absolute Gasteiger partial charge is 0.242 e. The number of aryl methyl sites for hydroxylation is 2. The lowest BCUT2D eigenvalue weighted by Crippen LogP contribution is -2.30. The van der Waals surface area contributed by atoms with E-state index in [0.29, 0.717) is 11.1 Å². The van der Waals surface area contributed by atoms with Gasteiger partial charge in [-0.25, -0.2) is 25.9 Å². The Hall–Kier alpha value is -2.23. The number of sulfonamides is 2. The lowest BCUT2D eigenvalue weighted by molar-refractivity contribution is -0.116. The van der Waals surface area contributed by atoms with Crippen molar-refractivity contribution < 1.29 is 21.6 Å². The molecule has 0 atom stereocenters. The van der Waals surface area contributed by atoms with E-state index in [-0.39, 0.29) is 29.3 Å². The average Bonchev–Trinajstić information content (AvgIpc) is 2.86. The molecule has 1 N–H and O–H groups in total. The minimum atomic E-state index is -3.81. The molecule has 0 unspecified atom stereocenters. The Balaban J connectivity index is 1.94. The molecule has 0 saturated carbocycles. The molecular weight excluding hydrogens is 388 g/mol. The van der Waals surface area contributed by atoms with Crippen LogP contribution in [0.15, 0.2) is 47.4 Å².